The van der Waals surface area contributed by atoms with Gasteiger partial charge in [0.1, 0.15) is 0 Å². The molecule has 1 rings (SSSR count). The van der Waals surface area contributed by atoms with Gasteiger partial charge in [0.15, 0.2) is 5.82 Å². The van der Waals surface area contributed by atoms with E-state index in [4.69, 9.17) is 28.3 Å². The van der Waals surface area contributed by atoms with E-state index in [1.807, 2.05) is 0 Å². The Morgan fingerprint density at radius 2 is 1.93 bits per heavy atom. The Bertz CT molecular complexity index is 398. The first-order chi connectivity index (χ1) is 7.00. The molecule has 0 aliphatic heterocycles. The number of carboxylic acids is 1. The summed E-state index contributed by atoms with van der Waals surface area (Å²) in [5.74, 6) is -1.80. The van der Waals surface area contributed by atoms with Crippen molar-refractivity contribution in [1.29, 1.82) is 0 Å². The third-order valence-corrected chi connectivity index (χ3v) is 2.01. The lowest BCUT2D eigenvalue weighted by atomic mass is 10.3. The fourth-order valence-corrected chi connectivity index (χ4v) is 1.34. The summed E-state index contributed by atoms with van der Waals surface area (Å²) in [5.41, 5.74) is 0.406. The molecule has 0 saturated carbocycles. The van der Waals surface area contributed by atoms with E-state index in [1.54, 1.807) is 0 Å². The van der Waals surface area contributed by atoms with Crippen LogP contribution in [0, 0.1) is 5.82 Å². The molecule has 1 aromatic rings. The molecule has 80 valence electrons. The van der Waals surface area contributed by atoms with Gasteiger partial charge in [-0.05, 0) is 12.1 Å². The van der Waals surface area contributed by atoms with Crippen LogP contribution in [0.3, 0.4) is 0 Å². The number of benzene rings is 1. The average molecular weight is 250 g/mol. The van der Waals surface area contributed by atoms with Crippen molar-refractivity contribution in [3.8, 4) is 0 Å². The number of carbonyl (C=O) groups is 1. The predicted octanol–water partition coefficient (Wildman–Crippen LogP) is 3.14. The lowest BCUT2D eigenvalue weighted by Crippen LogP contribution is -1.93. The molecule has 0 atom stereocenters. The predicted molar refractivity (Wildman–Crippen MR) is 56.8 cm³/mol. The maximum Gasteiger partial charge on any atom is 0.329 e. The van der Waals surface area contributed by atoms with Crippen LogP contribution in [-0.4, -0.2) is 11.1 Å². The minimum atomic E-state index is -1.10. The lowest BCUT2D eigenvalue weighted by molar-refractivity contribution is -0.131. The largest absolute Gasteiger partial charge is 0.478 e. The first-order valence-electron chi connectivity index (χ1n) is 3.81. The lowest BCUT2D eigenvalue weighted by Gasteiger charge is -2.03. The molecule has 15 heavy (non-hydrogen) atoms. The molecule has 0 amide bonds. The number of halogens is 3. The molecule has 0 aliphatic rings. The molecule has 1 aromatic carbocycles. The number of aliphatic carboxylic acids is 1. The Kier molecular flexibility index (Phi) is 3.94. The molecular formula is C9H6Cl2FNO2. The van der Waals surface area contributed by atoms with Gasteiger partial charge in [0.2, 0.25) is 0 Å². The van der Waals surface area contributed by atoms with Crippen LogP contribution in [0.2, 0.25) is 10.0 Å². The van der Waals surface area contributed by atoms with Crippen molar-refractivity contribution in [1.82, 2.24) is 0 Å². The third-order valence-electron chi connectivity index (χ3n) is 1.46. The second-order valence-electron chi connectivity index (χ2n) is 2.57. The van der Waals surface area contributed by atoms with E-state index >= 15 is 0 Å². The molecule has 0 bridgehead atoms. The highest BCUT2D eigenvalue weighted by Crippen LogP contribution is 2.27. The Balaban J connectivity index is 2.83. The van der Waals surface area contributed by atoms with E-state index in [0.717, 1.165) is 6.08 Å². The minimum Gasteiger partial charge on any atom is -0.478 e. The van der Waals surface area contributed by atoms with Gasteiger partial charge in [0.25, 0.3) is 0 Å². The third kappa shape index (κ3) is 3.42. The van der Waals surface area contributed by atoms with E-state index in [2.05, 4.69) is 5.32 Å². The Morgan fingerprint density at radius 1 is 1.40 bits per heavy atom. The first kappa shape index (κ1) is 11.8. The van der Waals surface area contributed by atoms with Crippen molar-refractivity contribution in [2.24, 2.45) is 0 Å². The van der Waals surface area contributed by atoms with Crippen LogP contribution in [-0.2, 0) is 4.79 Å². The Hall–Kier alpha value is -1.26. The SMILES string of the molecule is O=C(O)/C=C/Nc1cc(Cl)c(F)c(Cl)c1. The van der Waals surface area contributed by atoms with Crippen molar-refractivity contribution in [3.05, 3.63) is 40.3 Å². The molecular weight excluding hydrogens is 244 g/mol. The number of anilines is 1. The molecule has 0 fully saturated rings. The molecule has 0 heterocycles. The van der Waals surface area contributed by atoms with Gasteiger partial charge in [-0.15, -0.1) is 0 Å². The van der Waals surface area contributed by atoms with Gasteiger partial charge in [-0.25, -0.2) is 9.18 Å². The second kappa shape index (κ2) is 5.00. The molecule has 0 radical (unpaired) electrons. The first-order valence-corrected chi connectivity index (χ1v) is 4.57. The summed E-state index contributed by atoms with van der Waals surface area (Å²) in [6.45, 7) is 0. The van der Waals surface area contributed by atoms with Gasteiger partial charge < -0.3 is 10.4 Å². The van der Waals surface area contributed by atoms with Crippen LogP contribution < -0.4 is 5.32 Å². The van der Waals surface area contributed by atoms with Gasteiger partial charge in [0, 0.05) is 18.0 Å². The van der Waals surface area contributed by atoms with Crippen LogP contribution in [0.4, 0.5) is 10.1 Å². The fourth-order valence-electron chi connectivity index (χ4n) is 0.848. The van der Waals surface area contributed by atoms with Crippen molar-refractivity contribution in [2.75, 3.05) is 5.32 Å². The maximum atomic E-state index is 13.0. The standard InChI is InChI=1S/C9H6Cl2FNO2/c10-6-3-5(4-7(11)9(6)12)13-2-1-8(14)15/h1-4,13H,(H,14,15)/b2-1+. The smallest absolute Gasteiger partial charge is 0.329 e. The molecule has 0 saturated heterocycles. The molecule has 0 aromatic heterocycles. The van der Waals surface area contributed by atoms with Crippen LogP contribution in [0.5, 0.6) is 0 Å². The summed E-state index contributed by atoms with van der Waals surface area (Å²) >= 11 is 11.0. The van der Waals surface area contributed by atoms with Crippen LogP contribution in [0.15, 0.2) is 24.4 Å². The van der Waals surface area contributed by atoms with Gasteiger partial charge in [-0.1, -0.05) is 23.2 Å². The zero-order valence-corrected chi connectivity index (χ0v) is 8.81. The normalized spacial score (nSPS) is 10.6. The topological polar surface area (TPSA) is 49.3 Å². The van der Waals surface area contributed by atoms with E-state index in [1.165, 1.54) is 18.3 Å². The Labute approximate surface area is 95.1 Å². The number of carboxylic acid groups (broad SMARTS) is 1. The number of hydrogen-bond acceptors (Lipinski definition) is 2. The number of rotatable bonds is 3. The fraction of sp³-hybridized carbons (Fsp3) is 0. The highest BCUT2D eigenvalue weighted by molar-refractivity contribution is 6.35. The average Bonchev–Trinajstić information content (AvgIpc) is 2.13. The number of nitrogens with one attached hydrogen (secondary N) is 1. The van der Waals surface area contributed by atoms with Crippen molar-refractivity contribution >= 4 is 34.9 Å². The number of hydrogen-bond donors (Lipinski definition) is 2. The Morgan fingerprint density at radius 3 is 2.40 bits per heavy atom. The maximum absolute atomic E-state index is 13.0. The van der Waals surface area contributed by atoms with Gasteiger partial charge in [-0.2, -0.15) is 0 Å². The van der Waals surface area contributed by atoms with E-state index in [9.17, 15) is 9.18 Å². The minimum absolute atomic E-state index is 0.131. The molecule has 0 aliphatic carbocycles. The summed E-state index contributed by atoms with van der Waals surface area (Å²) in [6.07, 6.45) is 2.08. The van der Waals surface area contributed by atoms with E-state index in [0.29, 0.717) is 5.69 Å². The van der Waals surface area contributed by atoms with Gasteiger partial charge in [-0.3, -0.25) is 0 Å². The molecule has 3 nitrogen and oxygen atoms in total. The van der Waals surface area contributed by atoms with Gasteiger partial charge >= 0.3 is 5.97 Å². The summed E-state index contributed by atoms with van der Waals surface area (Å²) in [4.78, 5) is 10.1. The monoisotopic (exact) mass is 249 g/mol. The van der Waals surface area contributed by atoms with Crippen molar-refractivity contribution in [2.45, 2.75) is 0 Å². The molecule has 0 spiro atoms. The van der Waals surface area contributed by atoms with Crippen LogP contribution in [0.1, 0.15) is 0 Å². The summed E-state index contributed by atoms with van der Waals surface area (Å²) in [5, 5.41) is 10.6. The van der Waals surface area contributed by atoms with Gasteiger partial charge in [0.05, 0.1) is 10.0 Å². The molecule has 2 N–H and O–H groups in total. The van der Waals surface area contributed by atoms with Crippen molar-refractivity contribution in [3.63, 3.8) is 0 Å². The summed E-state index contributed by atoms with van der Waals surface area (Å²) in [6, 6.07) is 2.60. The summed E-state index contributed by atoms with van der Waals surface area (Å²) in [7, 11) is 0. The zero-order valence-electron chi connectivity index (χ0n) is 7.30. The van der Waals surface area contributed by atoms with Crippen molar-refractivity contribution < 1.29 is 14.3 Å². The summed E-state index contributed by atoms with van der Waals surface area (Å²) < 4.78 is 13.0. The molecule has 6 heteroatoms. The zero-order chi connectivity index (χ0) is 11.4. The van der Waals surface area contributed by atoms with E-state index < -0.39 is 11.8 Å². The molecule has 0 unspecified atom stereocenters. The van der Waals surface area contributed by atoms with Crippen LogP contribution in [0.25, 0.3) is 0 Å². The van der Waals surface area contributed by atoms with Crippen LogP contribution >= 0.6 is 23.2 Å². The second-order valence-corrected chi connectivity index (χ2v) is 3.38. The quantitative estimate of drug-likeness (QED) is 0.639. The highest BCUT2D eigenvalue weighted by atomic mass is 35.5. The van der Waals surface area contributed by atoms with E-state index in [-0.39, 0.29) is 10.0 Å². The highest BCUT2D eigenvalue weighted by Gasteiger charge is 2.06.